The molecule has 0 amide bonds. The van der Waals surface area contributed by atoms with Gasteiger partial charge in [0.25, 0.3) is 0 Å². The second kappa shape index (κ2) is 7.39. The number of rotatable bonds is 5. The highest BCUT2D eigenvalue weighted by Gasteiger charge is 2.39. The molecule has 0 aliphatic carbocycles. The van der Waals surface area contributed by atoms with E-state index in [4.69, 9.17) is 0 Å². The number of ether oxygens (including phenoxy) is 1. The number of hydrogen-bond acceptors (Lipinski definition) is 3. The van der Waals surface area contributed by atoms with Crippen molar-refractivity contribution in [2.75, 3.05) is 0 Å². The highest BCUT2D eigenvalue weighted by atomic mass is 19.4. The number of esters is 1. The van der Waals surface area contributed by atoms with Gasteiger partial charge in [-0.25, -0.2) is 0 Å². The molecule has 0 radical (unpaired) electrons. The molecule has 0 atom stereocenters. The van der Waals surface area contributed by atoms with E-state index in [0.29, 0.717) is 0 Å². The van der Waals surface area contributed by atoms with E-state index in [1.807, 2.05) is 55.5 Å². The van der Waals surface area contributed by atoms with Gasteiger partial charge < -0.3 is 4.74 Å². The van der Waals surface area contributed by atoms with Gasteiger partial charge in [-0.05, 0) is 32.4 Å². The molecule has 0 N–H and O–H groups in total. The van der Waals surface area contributed by atoms with Crippen molar-refractivity contribution >= 4 is 16.9 Å². The number of fused-ring (bicyclic) bond motifs is 1. The van der Waals surface area contributed by atoms with E-state index in [1.165, 1.54) is 13.8 Å². The minimum atomic E-state index is -4.79. The van der Waals surface area contributed by atoms with E-state index in [-0.39, 0.29) is 6.54 Å². The van der Waals surface area contributed by atoms with Crippen molar-refractivity contribution in [1.29, 1.82) is 0 Å². The van der Waals surface area contributed by atoms with Crippen LogP contribution in [0.25, 0.3) is 22.2 Å². The molecule has 29 heavy (non-hydrogen) atoms. The lowest BCUT2D eigenvalue weighted by molar-refractivity contribution is -0.168. The standard InChI is InChI=1S/C22H21F3N2O2/c1-14-9-5-6-10-16(14)19-17-11-7-8-12-18(17)27(26-19)13-21(3,4)20(28)29-15(2)22(23,24)25/h5-12H,2,13H2,1,3-4H3. The predicted molar refractivity (Wildman–Crippen MR) is 105 cm³/mol. The maximum absolute atomic E-state index is 12.7. The summed E-state index contributed by atoms with van der Waals surface area (Å²) in [6.07, 6.45) is -4.79. The molecule has 3 rings (SSSR count). The molecule has 0 saturated carbocycles. The van der Waals surface area contributed by atoms with Gasteiger partial charge in [0.15, 0.2) is 0 Å². The first-order chi connectivity index (χ1) is 13.5. The molecular formula is C22H21F3N2O2. The first-order valence-electron chi connectivity index (χ1n) is 9.00. The van der Waals surface area contributed by atoms with E-state index in [0.717, 1.165) is 27.7 Å². The first kappa shape index (κ1) is 20.6. The molecule has 0 spiro atoms. The van der Waals surface area contributed by atoms with Crippen LogP contribution in [0.4, 0.5) is 13.2 Å². The Morgan fingerprint density at radius 2 is 1.72 bits per heavy atom. The van der Waals surface area contributed by atoms with Gasteiger partial charge in [-0.15, -0.1) is 0 Å². The van der Waals surface area contributed by atoms with Gasteiger partial charge in [-0.2, -0.15) is 18.3 Å². The van der Waals surface area contributed by atoms with Gasteiger partial charge in [0.2, 0.25) is 5.76 Å². The number of aryl methyl sites for hydroxylation is 1. The van der Waals surface area contributed by atoms with Crippen LogP contribution >= 0.6 is 0 Å². The molecular weight excluding hydrogens is 381 g/mol. The number of allylic oxidation sites excluding steroid dienone is 1. The Morgan fingerprint density at radius 1 is 1.10 bits per heavy atom. The lowest BCUT2D eigenvalue weighted by atomic mass is 9.93. The summed E-state index contributed by atoms with van der Waals surface area (Å²) in [5, 5.41) is 5.57. The molecule has 0 bridgehead atoms. The fourth-order valence-electron chi connectivity index (χ4n) is 3.03. The van der Waals surface area contributed by atoms with E-state index >= 15 is 0 Å². The maximum Gasteiger partial charge on any atom is 0.449 e. The summed E-state index contributed by atoms with van der Waals surface area (Å²) in [5.41, 5.74) is 2.27. The van der Waals surface area contributed by atoms with E-state index in [2.05, 4.69) is 16.4 Å². The second-order valence-electron chi connectivity index (χ2n) is 7.53. The van der Waals surface area contributed by atoms with Crippen LogP contribution in [0, 0.1) is 12.3 Å². The van der Waals surface area contributed by atoms with Crippen LogP contribution in [0.1, 0.15) is 19.4 Å². The first-order valence-corrected chi connectivity index (χ1v) is 9.00. The molecule has 1 aromatic heterocycles. The van der Waals surface area contributed by atoms with E-state index in [1.54, 1.807) is 4.68 Å². The largest absolute Gasteiger partial charge is 0.449 e. The summed E-state index contributed by atoms with van der Waals surface area (Å²) in [7, 11) is 0. The average molecular weight is 402 g/mol. The number of nitrogens with zero attached hydrogens (tertiary/aromatic N) is 2. The zero-order valence-electron chi connectivity index (χ0n) is 16.4. The minimum Gasteiger partial charge on any atom is -0.422 e. The van der Waals surface area contributed by atoms with Crippen LogP contribution in [-0.4, -0.2) is 21.9 Å². The molecule has 3 aromatic rings. The van der Waals surface area contributed by atoms with Crippen LogP contribution < -0.4 is 0 Å². The fraction of sp³-hybridized carbons (Fsp3) is 0.273. The Hall–Kier alpha value is -3.09. The van der Waals surface area contributed by atoms with E-state index < -0.39 is 23.3 Å². The molecule has 0 saturated heterocycles. The Labute approximate surface area is 166 Å². The van der Waals surface area contributed by atoms with Crippen LogP contribution in [0.3, 0.4) is 0 Å². The Balaban J connectivity index is 1.97. The summed E-state index contributed by atoms with van der Waals surface area (Å²) >= 11 is 0. The number of carbonyl (C=O) groups is 1. The van der Waals surface area contributed by atoms with E-state index in [9.17, 15) is 18.0 Å². The van der Waals surface area contributed by atoms with Crippen LogP contribution in [-0.2, 0) is 16.1 Å². The Bertz CT molecular complexity index is 1080. The van der Waals surface area contributed by atoms with Gasteiger partial charge in [0, 0.05) is 10.9 Å². The topological polar surface area (TPSA) is 44.1 Å². The van der Waals surface area contributed by atoms with Crippen molar-refractivity contribution < 1.29 is 22.7 Å². The van der Waals surface area contributed by atoms with Crippen molar-refractivity contribution in [3.8, 4) is 11.3 Å². The molecule has 0 unspecified atom stereocenters. The SMILES string of the molecule is C=C(OC(=O)C(C)(C)Cn1nc(-c2ccccc2C)c2ccccc21)C(F)(F)F. The number of aromatic nitrogens is 2. The normalized spacial score (nSPS) is 12.2. The highest BCUT2D eigenvalue weighted by molar-refractivity contribution is 5.94. The van der Waals surface area contributed by atoms with Gasteiger partial charge >= 0.3 is 12.1 Å². The third-order valence-electron chi connectivity index (χ3n) is 4.69. The molecule has 152 valence electrons. The third-order valence-corrected chi connectivity index (χ3v) is 4.69. The average Bonchev–Trinajstić information content (AvgIpc) is 2.99. The second-order valence-corrected chi connectivity index (χ2v) is 7.53. The monoisotopic (exact) mass is 402 g/mol. The minimum absolute atomic E-state index is 0.0450. The van der Waals surface area contributed by atoms with Crippen molar-refractivity contribution in [2.45, 2.75) is 33.5 Å². The molecule has 0 aliphatic heterocycles. The van der Waals surface area contributed by atoms with Gasteiger partial charge in [0.1, 0.15) is 5.69 Å². The lowest BCUT2D eigenvalue weighted by Crippen LogP contribution is -2.33. The van der Waals surface area contributed by atoms with Crippen LogP contribution in [0.5, 0.6) is 0 Å². The quantitative estimate of drug-likeness (QED) is 0.409. The Kier molecular flexibility index (Phi) is 5.26. The van der Waals surface area contributed by atoms with Crippen molar-refractivity contribution in [3.05, 3.63) is 66.4 Å². The Morgan fingerprint density at radius 3 is 2.38 bits per heavy atom. The number of para-hydroxylation sites is 1. The summed E-state index contributed by atoms with van der Waals surface area (Å²) < 4.78 is 44.1. The third kappa shape index (κ3) is 4.18. The summed E-state index contributed by atoms with van der Waals surface area (Å²) in [4.78, 5) is 12.4. The number of halogens is 3. The lowest BCUT2D eigenvalue weighted by Gasteiger charge is -2.23. The van der Waals surface area contributed by atoms with Gasteiger partial charge in [0.05, 0.1) is 17.5 Å². The maximum atomic E-state index is 12.7. The zero-order valence-corrected chi connectivity index (χ0v) is 16.4. The zero-order chi connectivity index (χ0) is 21.4. The predicted octanol–water partition coefficient (Wildman–Crippen LogP) is 5.66. The highest BCUT2D eigenvalue weighted by Crippen LogP contribution is 2.33. The molecule has 4 nitrogen and oxygen atoms in total. The molecule has 0 aliphatic rings. The van der Waals surface area contributed by atoms with Gasteiger partial charge in [-0.3, -0.25) is 9.48 Å². The number of hydrogen-bond donors (Lipinski definition) is 0. The van der Waals surface area contributed by atoms with Crippen LogP contribution in [0.15, 0.2) is 60.9 Å². The molecule has 2 aromatic carbocycles. The fourth-order valence-corrected chi connectivity index (χ4v) is 3.03. The number of alkyl halides is 3. The number of carbonyl (C=O) groups excluding carboxylic acids is 1. The molecule has 0 fully saturated rings. The van der Waals surface area contributed by atoms with Gasteiger partial charge in [-0.1, -0.05) is 49.0 Å². The van der Waals surface area contributed by atoms with Crippen molar-refractivity contribution in [2.24, 2.45) is 5.41 Å². The van der Waals surface area contributed by atoms with Crippen molar-refractivity contribution in [1.82, 2.24) is 9.78 Å². The smallest absolute Gasteiger partial charge is 0.422 e. The molecule has 7 heteroatoms. The summed E-state index contributed by atoms with van der Waals surface area (Å²) in [6.45, 7) is 7.86. The number of benzene rings is 2. The summed E-state index contributed by atoms with van der Waals surface area (Å²) in [5.74, 6) is -2.54. The van der Waals surface area contributed by atoms with Crippen LogP contribution in [0.2, 0.25) is 0 Å². The van der Waals surface area contributed by atoms with Crippen molar-refractivity contribution in [3.63, 3.8) is 0 Å². The summed E-state index contributed by atoms with van der Waals surface area (Å²) in [6, 6.07) is 15.3. The molecule has 1 heterocycles.